The number of benzene rings is 2. The van der Waals surface area contributed by atoms with E-state index in [0.29, 0.717) is 12.2 Å². The summed E-state index contributed by atoms with van der Waals surface area (Å²) in [6, 6.07) is 16.1. The molecule has 0 fully saturated rings. The van der Waals surface area contributed by atoms with Crippen LogP contribution in [0.5, 0.6) is 0 Å². The number of nitrogens with two attached hydrogens (primary N) is 1. The van der Waals surface area contributed by atoms with E-state index < -0.39 is 0 Å². The molecule has 0 spiro atoms. The van der Waals surface area contributed by atoms with E-state index in [-0.39, 0.29) is 18.2 Å². The van der Waals surface area contributed by atoms with Crippen LogP contribution in [0, 0.1) is 13.8 Å². The first-order valence-corrected chi connectivity index (χ1v) is 9.65. The summed E-state index contributed by atoms with van der Waals surface area (Å²) in [5.41, 5.74) is 11.4. The number of hydrogen-bond acceptors (Lipinski definition) is 6. The summed E-state index contributed by atoms with van der Waals surface area (Å²) >= 11 is 0. The van der Waals surface area contributed by atoms with Gasteiger partial charge in [0.15, 0.2) is 0 Å². The highest BCUT2D eigenvalue weighted by atomic mass is 16.5. The van der Waals surface area contributed by atoms with E-state index in [2.05, 4.69) is 50.0 Å². The lowest BCUT2D eigenvalue weighted by Gasteiger charge is -2.17. The number of carbonyl (C=O) groups excluding carboxylic acids is 1. The molecule has 1 amide bonds. The number of aromatic amines is 1. The average Bonchev–Trinajstić information content (AvgIpc) is 3.38. The number of nitrogens with zero attached hydrogens (tertiary/aromatic N) is 4. The smallest absolute Gasteiger partial charge is 0.218 e. The third-order valence-corrected chi connectivity index (χ3v) is 5.17. The van der Waals surface area contributed by atoms with Crippen molar-refractivity contribution in [3.8, 4) is 22.5 Å². The first-order valence-electron chi connectivity index (χ1n) is 9.65. The van der Waals surface area contributed by atoms with Gasteiger partial charge >= 0.3 is 0 Å². The van der Waals surface area contributed by atoms with Gasteiger partial charge in [-0.3, -0.25) is 4.79 Å². The summed E-state index contributed by atoms with van der Waals surface area (Å²) in [6.07, 6.45) is 0.932. The molecule has 1 unspecified atom stereocenters. The summed E-state index contributed by atoms with van der Waals surface area (Å²) in [4.78, 5) is 11.7. The molecule has 0 aliphatic carbocycles. The third-order valence-electron chi connectivity index (χ3n) is 5.17. The van der Waals surface area contributed by atoms with Crippen LogP contribution in [-0.4, -0.2) is 31.7 Å². The van der Waals surface area contributed by atoms with E-state index in [1.807, 2.05) is 38.1 Å². The predicted molar refractivity (Wildman–Crippen MR) is 111 cm³/mol. The first-order chi connectivity index (χ1) is 14.5. The zero-order chi connectivity index (χ0) is 21.1. The second kappa shape index (κ2) is 8.28. The molecule has 30 heavy (non-hydrogen) atoms. The monoisotopic (exact) mass is 402 g/mol. The number of H-pyrrole nitrogens is 1. The first kappa shape index (κ1) is 19.5. The topological polar surface area (TPSA) is 124 Å². The van der Waals surface area contributed by atoms with Crippen molar-refractivity contribution < 1.29 is 9.32 Å². The van der Waals surface area contributed by atoms with Crippen molar-refractivity contribution in [1.82, 2.24) is 25.8 Å². The van der Waals surface area contributed by atoms with Crippen molar-refractivity contribution >= 4 is 5.91 Å². The summed E-state index contributed by atoms with van der Waals surface area (Å²) in [5.74, 6) is 0.917. The van der Waals surface area contributed by atoms with E-state index in [4.69, 9.17) is 10.3 Å². The summed E-state index contributed by atoms with van der Waals surface area (Å²) in [6.45, 7) is 3.84. The minimum atomic E-state index is -0.336. The molecule has 2 heterocycles. The van der Waals surface area contributed by atoms with Gasteiger partial charge in [-0.1, -0.05) is 47.6 Å². The number of tetrazole rings is 1. The van der Waals surface area contributed by atoms with Crippen molar-refractivity contribution in [3.63, 3.8) is 0 Å². The van der Waals surface area contributed by atoms with Crippen molar-refractivity contribution in [2.75, 3.05) is 0 Å². The normalized spacial score (nSPS) is 12.1. The summed E-state index contributed by atoms with van der Waals surface area (Å²) < 4.78 is 5.27. The molecule has 0 aliphatic rings. The highest BCUT2D eigenvalue weighted by molar-refractivity contribution is 5.75. The Hall–Kier alpha value is -3.81. The minimum absolute atomic E-state index is 0.0562. The van der Waals surface area contributed by atoms with Crippen LogP contribution in [0.4, 0.5) is 0 Å². The van der Waals surface area contributed by atoms with E-state index in [9.17, 15) is 4.79 Å². The van der Waals surface area contributed by atoms with E-state index >= 15 is 0 Å². The highest BCUT2D eigenvalue weighted by Crippen LogP contribution is 2.30. The zero-order valence-electron chi connectivity index (χ0n) is 16.8. The van der Waals surface area contributed by atoms with Crippen LogP contribution in [0.3, 0.4) is 0 Å². The Morgan fingerprint density at radius 2 is 1.93 bits per heavy atom. The van der Waals surface area contributed by atoms with Gasteiger partial charge in [-0.2, -0.15) is 5.21 Å². The van der Waals surface area contributed by atoms with Gasteiger partial charge in [0.1, 0.15) is 5.76 Å². The zero-order valence-corrected chi connectivity index (χ0v) is 16.8. The molecule has 0 radical (unpaired) electrons. The summed E-state index contributed by atoms with van der Waals surface area (Å²) in [7, 11) is 0. The third kappa shape index (κ3) is 4.12. The molecule has 3 N–H and O–H groups in total. The van der Waals surface area contributed by atoms with E-state index in [0.717, 1.165) is 39.3 Å². The molecule has 0 bridgehead atoms. The molecule has 8 nitrogen and oxygen atoms in total. The molecule has 1 atom stereocenters. The molecule has 2 aromatic carbocycles. The van der Waals surface area contributed by atoms with Crippen molar-refractivity contribution in [2.24, 2.45) is 5.73 Å². The van der Waals surface area contributed by atoms with Crippen molar-refractivity contribution in [2.45, 2.75) is 32.6 Å². The second-order valence-electron chi connectivity index (χ2n) is 7.33. The molecule has 2 aromatic heterocycles. The number of carbonyl (C=O) groups is 1. The molecule has 152 valence electrons. The molecular weight excluding hydrogens is 380 g/mol. The lowest BCUT2D eigenvalue weighted by molar-refractivity contribution is -0.118. The molecule has 4 rings (SSSR count). The van der Waals surface area contributed by atoms with Gasteiger partial charge in [-0.05, 0) is 54.2 Å². The molecule has 8 heteroatoms. The number of nitrogens with one attached hydrogen (secondary N) is 1. The quantitative estimate of drug-likeness (QED) is 0.489. The fourth-order valence-corrected chi connectivity index (χ4v) is 3.75. The van der Waals surface area contributed by atoms with Crippen LogP contribution in [0.25, 0.3) is 22.5 Å². The standard InChI is InChI=1S/C22H22N6O2/c1-13-21(14(2)30-26-13)16-8-6-15(7-9-16)10-19(12-20(23)29)17-4-3-5-18(11-17)22-24-27-28-25-22/h3-9,11,19H,10,12H2,1-2H3,(H2,23,29)(H,24,25,27,28). The van der Waals surface area contributed by atoms with Crippen molar-refractivity contribution in [1.29, 1.82) is 0 Å². The number of hydrogen-bond donors (Lipinski definition) is 2. The van der Waals surface area contributed by atoms with E-state index in [1.165, 1.54) is 0 Å². The molecule has 0 saturated carbocycles. The minimum Gasteiger partial charge on any atom is -0.370 e. The Labute approximate surface area is 173 Å². The number of amides is 1. The fourth-order valence-electron chi connectivity index (χ4n) is 3.75. The molecule has 0 aliphatic heterocycles. The maximum atomic E-state index is 11.7. The van der Waals surface area contributed by atoms with Crippen molar-refractivity contribution in [3.05, 3.63) is 71.1 Å². The SMILES string of the molecule is Cc1noc(C)c1-c1ccc(CC(CC(N)=O)c2cccc(-c3nn[nH]n3)c2)cc1. The largest absolute Gasteiger partial charge is 0.370 e. The van der Waals surface area contributed by atoms with Gasteiger partial charge in [-0.15, -0.1) is 10.2 Å². The Morgan fingerprint density at radius 1 is 1.13 bits per heavy atom. The Kier molecular flexibility index (Phi) is 5.38. The lowest BCUT2D eigenvalue weighted by atomic mass is 9.87. The van der Waals surface area contributed by atoms with Crippen LogP contribution in [0.15, 0.2) is 53.1 Å². The number of aryl methyl sites for hydroxylation is 2. The summed E-state index contributed by atoms with van der Waals surface area (Å²) in [5, 5.41) is 18.1. The molecule has 4 aromatic rings. The number of aromatic nitrogens is 5. The van der Waals surface area contributed by atoms with Gasteiger partial charge in [0.05, 0.1) is 5.69 Å². The molecular formula is C22H22N6O2. The molecule has 0 saturated heterocycles. The van der Waals surface area contributed by atoms with Crippen LogP contribution in [0.1, 0.15) is 34.9 Å². The highest BCUT2D eigenvalue weighted by Gasteiger charge is 2.18. The van der Waals surface area contributed by atoms with Gasteiger partial charge in [0.25, 0.3) is 0 Å². The Balaban J connectivity index is 1.60. The second-order valence-corrected chi connectivity index (χ2v) is 7.33. The Morgan fingerprint density at radius 3 is 2.57 bits per heavy atom. The van der Waals surface area contributed by atoms with Crippen LogP contribution < -0.4 is 5.73 Å². The van der Waals surface area contributed by atoms with Gasteiger partial charge in [0.2, 0.25) is 11.7 Å². The predicted octanol–water partition coefficient (Wildman–Crippen LogP) is 3.34. The average molecular weight is 402 g/mol. The lowest BCUT2D eigenvalue weighted by Crippen LogP contribution is -2.17. The van der Waals surface area contributed by atoms with Gasteiger partial charge in [0, 0.05) is 17.5 Å². The fraction of sp³-hybridized carbons (Fsp3) is 0.227. The number of rotatable bonds is 7. The Bertz CT molecular complexity index is 1130. The maximum Gasteiger partial charge on any atom is 0.218 e. The van der Waals surface area contributed by atoms with Crippen LogP contribution in [0.2, 0.25) is 0 Å². The van der Waals surface area contributed by atoms with Gasteiger partial charge < -0.3 is 10.3 Å². The maximum absolute atomic E-state index is 11.7. The van der Waals surface area contributed by atoms with Crippen LogP contribution in [-0.2, 0) is 11.2 Å². The van der Waals surface area contributed by atoms with E-state index in [1.54, 1.807) is 0 Å². The van der Waals surface area contributed by atoms with Gasteiger partial charge in [-0.25, -0.2) is 0 Å². The number of primary amides is 1. The van der Waals surface area contributed by atoms with Crippen LogP contribution >= 0.6 is 0 Å².